The number of carbonyl (C=O) groups excluding carboxylic acids is 1. The molecule has 0 aromatic heterocycles. The normalized spacial score (nSPS) is 13.2. The van der Waals surface area contributed by atoms with E-state index in [1.165, 1.54) is 6.92 Å². The predicted octanol–water partition coefficient (Wildman–Crippen LogP) is 2.04. The average molecular weight is 229 g/mol. The van der Waals surface area contributed by atoms with Gasteiger partial charge in [-0.05, 0) is 24.7 Å². The van der Waals surface area contributed by atoms with E-state index < -0.39 is 5.97 Å². The van der Waals surface area contributed by atoms with Crippen molar-refractivity contribution in [1.82, 2.24) is 5.32 Å². The molecule has 0 bridgehead atoms. The number of hydrogen-bond acceptors (Lipinski definition) is 2. The fourth-order valence-corrected chi connectivity index (χ4v) is 1.42. The minimum atomic E-state index is -0.769. The zero-order valence-electron chi connectivity index (χ0n) is 10.7. The minimum absolute atomic E-state index is 0.111. The van der Waals surface area contributed by atoms with Crippen LogP contribution in [-0.2, 0) is 9.59 Å². The average Bonchev–Trinajstić information content (AvgIpc) is 2.07. The highest BCUT2D eigenvalue weighted by molar-refractivity contribution is 5.73. The Labute approximate surface area is 97.4 Å². The van der Waals surface area contributed by atoms with Gasteiger partial charge in [-0.1, -0.05) is 20.8 Å². The number of hydrogen-bond donors (Lipinski definition) is 2. The number of rotatable bonds is 6. The Balaban J connectivity index is 3.99. The van der Waals surface area contributed by atoms with E-state index in [-0.39, 0.29) is 17.2 Å². The van der Waals surface area contributed by atoms with Crippen molar-refractivity contribution in [1.29, 1.82) is 0 Å². The zero-order valence-corrected chi connectivity index (χ0v) is 10.7. The third-order valence-corrected chi connectivity index (χ3v) is 2.46. The predicted molar refractivity (Wildman–Crippen MR) is 63.1 cm³/mol. The molecule has 0 radical (unpaired) electrons. The summed E-state index contributed by atoms with van der Waals surface area (Å²) in [7, 11) is 0. The Hall–Kier alpha value is -1.06. The monoisotopic (exact) mass is 229 g/mol. The summed E-state index contributed by atoms with van der Waals surface area (Å²) < 4.78 is 0. The molecule has 0 aliphatic carbocycles. The number of carboxylic acid groups (broad SMARTS) is 1. The van der Waals surface area contributed by atoms with E-state index in [1.807, 2.05) is 0 Å². The summed E-state index contributed by atoms with van der Waals surface area (Å²) in [4.78, 5) is 21.6. The molecular formula is C12H23NO3. The summed E-state index contributed by atoms with van der Waals surface area (Å²) in [5, 5.41) is 11.6. The smallest absolute Gasteiger partial charge is 0.306 e. The maximum atomic E-state index is 11.0. The molecule has 4 heteroatoms. The molecule has 0 aliphatic heterocycles. The molecule has 16 heavy (non-hydrogen) atoms. The number of amides is 1. The van der Waals surface area contributed by atoms with Gasteiger partial charge in [0.1, 0.15) is 0 Å². The summed E-state index contributed by atoms with van der Waals surface area (Å²) in [6.45, 7) is 8.17. The second-order valence-electron chi connectivity index (χ2n) is 5.41. The fourth-order valence-electron chi connectivity index (χ4n) is 1.42. The number of carbonyl (C=O) groups is 2. The first kappa shape index (κ1) is 14.9. The van der Waals surface area contributed by atoms with Crippen LogP contribution in [0.15, 0.2) is 0 Å². The van der Waals surface area contributed by atoms with Gasteiger partial charge in [-0.15, -0.1) is 0 Å². The van der Waals surface area contributed by atoms with Crippen LogP contribution in [0.4, 0.5) is 0 Å². The van der Waals surface area contributed by atoms with Crippen LogP contribution in [0, 0.1) is 11.3 Å². The SMILES string of the molecule is CC(=O)NCCC(CCC(C)(C)C)C(=O)O. The van der Waals surface area contributed by atoms with E-state index in [0.717, 1.165) is 6.42 Å². The van der Waals surface area contributed by atoms with E-state index in [1.54, 1.807) is 0 Å². The van der Waals surface area contributed by atoms with Crippen molar-refractivity contribution in [2.75, 3.05) is 6.54 Å². The lowest BCUT2D eigenvalue weighted by molar-refractivity contribution is -0.142. The van der Waals surface area contributed by atoms with E-state index >= 15 is 0 Å². The molecule has 4 nitrogen and oxygen atoms in total. The molecule has 0 fully saturated rings. The van der Waals surface area contributed by atoms with Gasteiger partial charge in [0.15, 0.2) is 0 Å². The van der Waals surface area contributed by atoms with Crippen molar-refractivity contribution >= 4 is 11.9 Å². The molecule has 0 heterocycles. The first-order valence-electron chi connectivity index (χ1n) is 5.69. The van der Waals surface area contributed by atoms with Gasteiger partial charge < -0.3 is 10.4 Å². The molecule has 0 rings (SSSR count). The van der Waals surface area contributed by atoms with Gasteiger partial charge >= 0.3 is 5.97 Å². The van der Waals surface area contributed by atoms with E-state index in [0.29, 0.717) is 19.4 Å². The maximum absolute atomic E-state index is 11.0. The molecular weight excluding hydrogens is 206 g/mol. The summed E-state index contributed by atoms with van der Waals surface area (Å²) in [5.74, 6) is -1.24. The first-order chi connectivity index (χ1) is 7.22. The molecule has 1 amide bonds. The van der Waals surface area contributed by atoms with Crippen LogP contribution in [0.1, 0.15) is 47.0 Å². The Morgan fingerprint density at radius 3 is 2.19 bits per heavy atom. The molecule has 0 spiro atoms. The van der Waals surface area contributed by atoms with Crippen LogP contribution >= 0.6 is 0 Å². The third-order valence-electron chi connectivity index (χ3n) is 2.46. The summed E-state index contributed by atoms with van der Waals surface area (Å²) in [5.41, 5.74) is 0.154. The Morgan fingerprint density at radius 1 is 1.25 bits per heavy atom. The Morgan fingerprint density at radius 2 is 1.81 bits per heavy atom. The fraction of sp³-hybridized carbons (Fsp3) is 0.833. The van der Waals surface area contributed by atoms with Gasteiger partial charge in [-0.25, -0.2) is 0 Å². The Kier molecular flexibility index (Phi) is 6.08. The first-order valence-corrected chi connectivity index (χ1v) is 5.69. The van der Waals surface area contributed by atoms with E-state index in [9.17, 15) is 9.59 Å². The second kappa shape index (κ2) is 6.51. The summed E-state index contributed by atoms with van der Waals surface area (Å²) in [6, 6.07) is 0. The quantitative estimate of drug-likeness (QED) is 0.732. The van der Waals surface area contributed by atoms with Crippen molar-refractivity contribution in [3.05, 3.63) is 0 Å². The standard InChI is InChI=1S/C12H23NO3/c1-9(14)13-8-6-10(11(15)16)5-7-12(2,3)4/h10H,5-8H2,1-4H3,(H,13,14)(H,15,16). The Bertz CT molecular complexity index is 243. The lowest BCUT2D eigenvalue weighted by Gasteiger charge is -2.20. The van der Waals surface area contributed by atoms with Crippen molar-refractivity contribution in [3.8, 4) is 0 Å². The van der Waals surface area contributed by atoms with Crippen LogP contribution < -0.4 is 5.32 Å². The molecule has 94 valence electrons. The van der Waals surface area contributed by atoms with Crippen molar-refractivity contribution in [2.24, 2.45) is 11.3 Å². The lowest BCUT2D eigenvalue weighted by Crippen LogP contribution is -2.26. The third kappa shape index (κ3) is 8.26. The molecule has 0 saturated heterocycles. The highest BCUT2D eigenvalue weighted by Crippen LogP contribution is 2.24. The zero-order chi connectivity index (χ0) is 12.8. The van der Waals surface area contributed by atoms with Crippen LogP contribution in [0.25, 0.3) is 0 Å². The minimum Gasteiger partial charge on any atom is -0.481 e. The van der Waals surface area contributed by atoms with Crippen LogP contribution in [0.5, 0.6) is 0 Å². The van der Waals surface area contributed by atoms with Crippen molar-refractivity contribution < 1.29 is 14.7 Å². The van der Waals surface area contributed by atoms with E-state index in [4.69, 9.17) is 5.11 Å². The van der Waals surface area contributed by atoms with Gasteiger partial charge in [0.2, 0.25) is 5.91 Å². The highest BCUT2D eigenvalue weighted by Gasteiger charge is 2.20. The molecule has 1 atom stereocenters. The largest absolute Gasteiger partial charge is 0.481 e. The molecule has 0 saturated carbocycles. The van der Waals surface area contributed by atoms with E-state index in [2.05, 4.69) is 26.1 Å². The number of nitrogens with one attached hydrogen (secondary N) is 1. The van der Waals surface area contributed by atoms with Gasteiger partial charge in [0, 0.05) is 13.5 Å². The molecule has 2 N–H and O–H groups in total. The van der Waals surface area contributed by atoms with Gasteiger partial charge in [0.25, 0.3) is 0 Å². The topological polar surface area (TPSA) is 66.4 Å². The van der Waals surface area contributed by atoms with Crippen molar-refractivity contribution in [2.45, 2.75) is 47.0 Å². The van der Waals surface area contributed by atoms with Crippen LogP contribution in [0.3, 0.4) is 0 Å². The van der Waals surface area contributed by atoms with Crippen LogP contribution in [-0.4, -0.2) is 23.5 Å². The highest BCUT2D eigenvalue weighted by atomic mass is 16.4. The number of carboxylic acids is 1. The second-order valence-corrected chi connectivity index (χ2v) is 5.41. The maximum Gasteiger partial charge on any atom is 0.306 e. The molecule has 0 aliphatic rings. The molecule has 1 unspecified atom stereocenters. The van der Waals surface area contributed by atoms with Crippen LogP contribution in [0.2, 0.25) is 0 Å². The number of aliphatic carboxylic acids is 1. The van der Waals surface area contributed by atoms with Gasteiger partial charge in [0.05, 0.1) is 5.92 Å². The van der Waals surface area contributed by atoms with Crippen molar-refractivity contribution in [3.63, 3.8) is 0 Å². The van der Waals surface area contributed by atoms with Gasteiger partial charge in [-0.3, -0.25) is 9.59 Å². The summed E-state index contributed by atoms with van der Waals surface area (Å²) in [6.07, 6.45) is 2.05. The van der Waals surface area contributed by atoms with Gasteiger partial charge in [-0.2, -0.15) is 0 Å². The lowest BCUT2D eigenvalue weighted by atomic mass is 9.86. The molecule has 0 aromatic rings. The summed E-state index contributed by atoms with van der Waals surface area (Å²) >= 11 is 0. The molecule has 0 aromatic carbocycles.